The van der Waals surface area contributed by atoms with E-state index in [1.807, 2.05) is 6.07 Å². The summed E-state index contributed by atoms with van der Waals surface area (Å²) >= 11 is 3.32. The molecule has 0 saturated carbocycles. The second-order valence-electron chi connectivity index (χ2n) is 3.63. The van der Waals surface area contributed by atoms with Crippen molar-refractivity contribution < 1.29 is 9.90 Å². The highest BCUT2D eigenvalue weighted by Crippen LogP contribution is 2.27. The van der Waals surface area contributed by atoms with Gasteiger partial charge in [-0.15, -0.1) is 0 Å². The fourth-order valence-corrected chi connectivity index (χ4v) is 2.32. The van der Waals surface area contributed by atoms with Gasteiger partial charge in [0.05, 0.1) is 5.52 Å². The van der Waals surface area contributed by atoms with Gasteiger partial charge in [0.15, 0.2) is 0 Å². The molecule has 90 valence electrons. The standard InChI is InChI=1S/C11H12BrN3O2/c1-14-15-9-3-7(5-12)8(11(13)17)2-6(9)4-10(15)16/h2-4,14,16H,5H2,1H3,(H2,13,17). The van der Waals surface area contributed by atoms with Crippen LogP contribution in [0.5, 0.6) is 5.88 Å². The number of halogens is 1. The third-order valence-electron chi connectivity index (χ3n) is 2.64. The van der Waals surface area contributed by atoms with E-state index in [4.69, 9.17) is 5.73 Å². The van der Waals surface area contributed by atoms with E-state index >= 15 is 0 Å². The molecule has 0 fully saturated rings. The van der Waals surface area contributed by atoms with Gasteiger partial charge >= 0.3 is 0 Å². The van der Waals surface area contributed by atoms with Crippen molar-refractivity contribution in [3.63, 3.8) is 0 Å². The van der Waals surface area contributed by atoms with Gasteiger partial charge in [0, 0.05) is 29.4 Å². The second kappa shape index (κ2) is 4.29. The van der Waals surface area contributed by atoms with Crippen LogP contribution < -0.4 is 11.2 Å². The first-order valence-electron chi connectivity index (χ1n) is 4.99. The smallest absolute Gasteiger partial charge is 0.249 e. The van der Waals surface area contributed by atoms with Crippen molar-refractivity contribution in [2.45, 2.75) is 5.33 Å². The molecule has 1 amide bonds. The number of carbonyl (C=O) groups excluding carboxylic acids is 1. The number of nitrogens with one attached hydrogen (secondary N) is 1. The van der Waals surface area contributed by atoms with Crippen LogP contribution >= 0.6 is 15.9 Å². The van der Waals surface area contributed by atoms with Crippen molar-refractivity contribution in [2.24, 2.45) is 5.73 Å². The van der Waals surface area contributed by atoms with Crippen molar-refractivity contribution in [2.75, 3.05) is 12.5 Å². The highest BCUT2D eigenvalue weighted by Gasteiger charge is 2.13. The van der Waals surface area contributed by atoms with E-state index in [1.54, 1.807) is 19.2 Å². The Morgan fingerprint density at radius 1 is 1.53 bits per heavy atom. The number of nitrogens with zero attached hydrogens (tertiary/aromatic N) is 1. The lowest BCUT2D eigenvalue weighted by Gasteiger charge is -2.08. The normalized spacial score (nSPS) is 10.7. The summed E-state index contributed by atoms with van der Waals surface area (Å²) < 4.78 is 1.53. The topological polar surface area (TPSA) is 80.3 Å². The maximum atomic E-state index is 11.3. The summed E-state index contributed by atoms with van der Waals surface area (Å²) in [5.74, 6) is -0.386. The molecule has 0 atom stereocenters. The molecule has 17 heavy (non-hydrogen) atoms. The van der Waals surface area contributed by atoms with Crippen LogP contribution in [0.2, 0.25) is 0 Å². The highest BCUT2D eigenvalue weighted by molar-refractivity contribution is 9.08. The Morgan fingerprint density at radius 3 is 2.76 bits per heavy atom. The molecule has 2 aromatic rings. The molecule has 0 saturated heterocycles. The van der Waals surface area contributed by atoms with Gasteiger partial charge < -0.3 is 16.3 Å². The number of carbonyl (C=O) groups is 1. The summed E-state index contributed by atoms with van der Waals surface area (Å²) in [6, 6.07) is 5.08. The number of hydrogen-bond acceptors (Lipinski definition) is 3. The number of hydrogen-bond donors (Lipinski definition) is 3. The van der Waals surface area contributed by atoms with E-state index in [2.05, 4.69) is 21.4 Å². The van der Waals surface area contributed by atoms with Crippen LogP contribution in [0, 0.1) is 0 Å². The lowest BCUT2D eigenvalue weighted by atomic mass is 10.1. The van der Waals surface area contributed by atoms with Crippen molar-refractivity contribution in [3.05, 3.63) is 29.3 Å². The van der Waals surface area contributed by atoms with Crippen molar-refractivity contribution in [1.29, 1.82) is 0 Å². The van der Waals surface area contributed by atoms with Crippen LogP contribution in [0.25, 0.3) is 10.9 Å². The molecular weight excluding hydrogens is 286 g/mol. The fourth-order valence-electron chi connectivity index (χ4n) is 1.86. The van der Waals surface area contributed by atoms with Gasteiger partial charge in [0.2, 0.25) is 11.8 Å². The number of aromatic hydroxyl groups is 1. The zero-order valence-corrected chi connectivity index (χ0v) is 10.8. The predicted molar refractivity (Wildman–Crippen MR) is 70.0 cm³/mol. The molecule has 0 spiro atoms. The summed E-state index contributed by atoms with van der Waals surface area (Å²) in [5, 5.41) is 11.0. The van der Waals surface area contributed by atoms with Gasteiger partial charge in [0.25, 0.3) is 0 Å². The Kier molecular flexibility index (Phi) is 2.97. The van der Waals surface area contributed by atoms with Crippen molar-refractivity contribution in [3.8, 4) is 5.88 Å². The van der Waals surface area contributed by atoms with Crippen LogP contribution in [0.1, 0.15) is 15.9 Å². The summed E-state index contributed by atoms with van der Waals surface area (Å²) in [6.45, 7) is 0. The molecule has 6 heteroatoms. The molecule has 1 aromatic carbocycles. The van der Waals surface area contributed by atoms with Gasteiger partial charge in [0.1, 0.15) is 0 Å². The molecule has 0 aliphatic carbocycles. The summed E-state index contributed by atoms with van der Waals surface area (Å²) in [5.41, 5.74) is 10.2. The summed E-state index contributed by atoms with van der Waals surface area (Å²) in [4.78, 5) is 11.3. The molecule has 0 aliphatic heterocycles. The minimum Gasteiger partial charge on any atom is -0.493 e. The SMILES string of the molecule is CNn1c(O)cc2cc(C(N)=O)c(CBr)cc21. The third kappa shape index (κ3) is 1.84. The second-order valence-corrected chi connectivity index (χ2v) is 4.19. The quantitative estimate of drug-likeness (QED) is 0.751. The van der Waals surface area contributed by atoms with E-state index in [9.17, 15) is 9.90 Å². The Balaban J connectivity index is 2.78. The zero-order chi connectivity index (χ0) is 12.6. The number of amides is 1. The van der Waals surface area contributed by atoms with Crippen LogP contribution in [0.15, 0.2) is 18.2 Å². The third-order valence-corrected chi connectivity index (χ3v) is 3.24. The molecular formula is C11H12BrN3O2. The minimum absolute atomic E-state index is 0.0876. The number of rotatable bonds is 3. The maximum Gasteiger partial charge on any atom is 0.249 e. The summed E-state index contributed by atoms with van der Waals surface area (Å²) in [7, 11) is 1.70. The number of fused-ring (bicyclic) bond motifs is 1. The Morgan fingerprint density at radius 2 is 2.24 bits per heavy atom. The lowest BCUT2D eigenvalue weighted by Crippen LogP contribution is -2.14. The first-order valence-corrected chi connectivity index (χ1v) is 6.11. The van der Waals surface area contributed by atoms with Gasteiger partial charge in [-0.05, 0) is 17.7 Å². The molecule has 2 rings (SSSR count). The van der Waals surface area contributed by atoms with E-state index in [0.717, 1.165) is 16.5 Å². The number of benzene rings is 1. The van der Waals surface area contributed by atoms with Crippen molar-refractivity contribution >= 4 is 32.7 Å². The molecule has 5 nitrogen and oxygen atoms in total. The average molecular weight is 298 g/mol. The molecule has 0 unspecified atom stereocenters. The van der Waals surface area contributed by atoms with Gasteiger partial charge in [-0.1, -0.05) is 15.9 Å². The molecule has 0 radical (unpaired) electrons. The first-order chi connectivity index (χ1) is 8.08. The van der Waals surface area contributed by atoms with Crippen molar-refractivity contribution in [1.82, 2.24) is 4.68 Å². The monoisotopic (exact) mass is 297 g/mol. The van der Waals surface area contributed by atoms with Gasteiger partial charge in [-0.25, -0.2) is 4.68 Å². The largest absolute Gasteiger partial charge is 0.493 e. The van der Waals surface area contributed by atoms with E-state index in [-0.39, 0.29) is 5.88 Å². The number of primary amides is 1. The van der Waals surface area contributed by atoms with Crippen LogP contribution in [-0.2, 0) is 5.33 Å². The Bertz CT molecular complexity index is 592. The number of alkyl halides is 1. The Hall–Kier alpha value is -1.69. The van der Waals surface area contributed by atoms with Crippen LogP contribution in [0.3, 0.4) is 0 Å². The van der Waals surface area contributed by atoms with E-state index in [1.165, 1.54) is 4.68 Å². The molecule has 0 aliphatic rings. The fraction of sp³-hybridized carbons (Fsp3) is 0.182. The summed E-state index contributed by atoms with van der Waals surface area (Å²) in [6.07, 6.45) is 0. The van der Waals surface area contributed by atoms with Crippen LogP contribution in [-0.4, -0.2) is 22.7 Å². The maximum absolute atomic E-state index is 11.3. The number of nitrogens with two attached hydrogens (primary N) is 1. The predicted octanol–water partition coefficient (Wildman–Crippen LogP) is 1.51. The van der Waals surface area contributed by atoms with Gasteiger partial charge in [-0.3, -0.25) is 4.79 Å². The molecule has 1 aromatic heterocycles. The van der Waals surface area contributed by atoms with Crippen LogP contribution in [0.4, 0.5) is 0 Å². The van der Waals surface area contributed by atoms with Gasteiger partial charge in [-0.2, -0.15) is 0 Å². The lowest BCUT2D eigenvalue weighted by molar-refractivity contribution is 0.1000. The zero-order valence-electron chi connectivity index (χ0n) is 9.20. The Labute approximate surface area is 106 Å². The highest BCUT2D eigenvalue weighted by atomic mass is 79.9. The minimum atomic E-state index is -0.474. The number of aromatic nitrogens is 1. The van der Waals surface area contributed by atoms with E-state index in [0.29, 0.717) is 10.9 Å². The average Bonchev–Trinajstić information content (AvgIpc) is 2.61. The molecule has 1 heterocycles. The van der Waals surface area contributed by atoms with E-state index < -0.39 is 5.91 Å². The molecule has 0 bridgehead atoms. The first kappa shape index (κ1) is 11.8. The molecule has 4 N–H and O–H groups in total.